The Bertz CT molecular complexity index is 371. The topological polar surface area (TPSA) is 26.3 Å². The summed E-state index contributed by atoms with van der Waals surface area (Å²) in [4.78, 5) is 11.5. The molecule has 0 fully saturated rings. The van der Waals surface area contributed by atoms with Crippen molar-refractivity contribution < 1.29 is 9.53 Å². The molecule has 1 rings (SSSR count). The SMILES string of the molecule is CCC(=O)c1ccc(OCCCC(C)(C)C)cc1. The van der Waals surface area contributed by atoms with Crippen LogP contribution in [0.3, 0.4) is 0 Å². The summed E-state index contributed by atoms with van der Waals surface area (Å²) in [5, 5.41) is 0. The molecule has 100 valence electrons. The molecule has 0 amide bonds. The molecule has 0 unspecified atom stereocenters. The van der Waals surface area contributed by atoms with Crippen molar-refractivity contribution in [2.24, 2.45) is 5.41 Å². The lowest BCUT2D eigenvalue weighted by atomic mass is 9.91. The molecule has 0 aromatic heterocycles. The number of Topliss-reactive ketones (excluding diaryl/α,β-unsaturated/α-hetero) is 1. The highest BCUT2D eigenvalue weighted by Gasteiger charge is 2.09. The fraction of sp³-hybridized carbons (Fsp3) is 0.562. The van der Waals surface area contributed by atoms with Gasteiger partial charge in [-0.05, 0) is 42.5 Å². The first-order chi connectivity index (χ1) is 8.42. The third-order valence-corrected chi connectivity index (χ3v) is 2.84. The predicted octanol–water partition coefficient (Wildman–Crippen LogP) is 4.48. The Kier molecular flexibility index (Phi) is 5.39. The quantitative estimate of drug-likeness (QED) is 0.548. The molecule has 0 heterocycles. The maximum absolute atomic E-state index is 11.5. The molecule has 1 aromatic rings. The summed E-state index contributed by atoms with van der Waals surface area (Å²) in [7, 11) is 0. The first-order valence-electron chi connectivity index (χ1n) is 6.68. The van der Waals surface area contributed by atoms with Crippen LogP contribution in [0.4, 0.5) is 0 Å². The van der Waals surface area contributed by atoms with Crippen LogP contribution in [0.15, 0.2) is 24.3 Å². The van der Waals surface area contributed by atoms with Crippen LogP contribution in [0, 0.1) is 5.41 Å². The van der Waals surface area contributed by atoms with E-state index in [1.807, 2.05) is 31.2 Å². The standard InChI is InChI=1S/C16H24O2/c1-5-15(17)13-7-9-14(10-8-13)18-12-6-11-16(2,3)4/h7-10H,5-6,11-12H2,1-4H3. The fourth-order valence-corrected chi connectivity index (χ4v) is 1.73. The van der Waals surface area contributed by atoms with Crippen molar-refractivity contribution in [2.45, 2.75) is 47.0 Å². The first-order valence-corrected chi connectivity index (χ1v) is 6.68. The average molecular weight is 248 g/mol. The Morgan fingerprint density at radius 2 is 1.78 bits per heavy atom. The number of ether oxygens (including phenoxy) is 1. The van der Waals surface area contributed by atoms with Gasteiger partial charge in [-0.1, -0.05) is 27.7 Å². The van der Waals surface area contributed by atoms with Crippen molar-refractivity contribution in [3.63, 3.8) is 0 Å². The normalized spacial score (nSPS) is 11.3. The van der Waals surface area contributed by atoms with Crippen LogP contribution in [0.25, 0.3) is 0 Å². The summed E-state index contributed by atoms with van der Waals surface area (Å²) in [6.45, 7) is 9.31. The molecule has 0 atom stereocenters. The van der Waals surface area contributed by atoms with Gasteiger partial charge in [0.2, 0.25) is 0 Å². The Labute approximate surface area is 110 Å². The van der Waals surface area contributed by atoms with Crippen LogP contribution in [-0.4, -0.2) is 12.4 Å². The van der Waals surface area contributed by atoms with Crippen molar-refractivity contribution in [1.29, 1.82) is 0 Å². The minimum absolute atomic E-state index is 0.175. The number of rotatable bonds is 6. The zero-order valence-electron chi connectivity index (χ0n) is 12.0. The Balaban J connectivity index is 2.38. The van der Waals surface area contributed by atoms with Gasteiger partial charge in [-0.3, -0.25) is 4.79 Å². The number of carbonyl (C=O) groups is 1. The smallest absolute Gasteiger partial charge is 0.162 e. The van der Waals surface area contributed by atoms with Gasteiger partial charge in [0.05, 0.1) is 6.61 Å². The van der Waals surface area contributed by atoms with Gasteiger partial charge < -0.3 is 4.74 Å². The lowest BCUT2D eigenvalue weighted by Crippen LogP contribution is -2.08. The molecule has 0 spiro atoms. The third kappa shape index (κ3) is 5.35. The highest BCUT2D eigenvalue weighted by molar-refractivity contribution is 5.95. The first kappa shape index (κ1) is 14.7. The average Bonchev–Trinajstić information content (AvgIpc) is 2.33. The summed E-state index contributed by atoms with van der Waals surface area (Å²) in [6.07, 6.45) is 2.75. The lowest BCUT2D eigenvalue weighted by Gasteiger charge is -2.17. The van der Waals surface area contributed by atoms with Crippen molar-refractivity contribution >= 4 is 5.78 Å². The van der Waals surface area contributed by atoms with E-state index in [9.17, 15) is 4.79 Å². The predicted molar refractivity (Wildman–Crippen MR) is 75.2 cm³/mol. The lowest BCUT2D eigenvalue weighted by molar-refractivity contribution is 0.0988. The number of benzene rings is 1. The Hall–Kier alpha value is -1.31. The van der Waals surface area contributed by atoms with Crippen molar-refractivity contribution in [3.8, 4) is 5.75 Å². The van der Waals surface area contributed by atoms with Crippen LogP contribution < -0.4 is 4.74 Å². The molecular formula is C16H24O2. The summed E-state index contributed by atoms with van der Waals surface area (Å²) < 4.78 is 5.66. The highest BCUT2D eigenvalue weighted by atomic mass is 16.5. The van der Waals surface area contributed by atoms with E-state index in [1.54, 1.807) is 0 Å². The Morgan fingerprint density at radius 3 is 2.28 bits per heavy atom. The van der Waals surface area contributed by atoms with Crippen LogP contribution >= 0.6 is 0 Å². The van der Waals surface area contributed by atoms with Gasteiger partial charge in [-0.15, -0.1) is 0 Å². The molecule has 0 aliphatic carbocycles. The van der Waals surface area contributed by atoms with Crippen LogP contribution in [0.5, 0.6) is 5.75 Å². The molecule has 2 nitrogen and oxygen atoms in total. The van der Waals surface area contributed by atoms with E-state index in [4.69, 9.17) is 4.74 Å². The second kappa shape index (κ2) is 6.58. The maximum Gasteiger partial charge on any atom is 0.162 e. The summed E-state index contributed by atoms with van der Waals surface area (Å²) in [5.41, 5.74) is 1.13. The molecule has 0 radical (unpaired) electrons. The summed E-state index contributed by atoms with van der Waals surface area (Å²) in [5.74, 6) is 1.02. The van der Waals surface area contributed by atoms with E-state index in [2.05, 4.69) is 20.8 Å². The number of ketones is 1. The molecule has 2 heteroatoms. The number of hydrogen-bond acceptors (Lipinski definition) is 2. The van der Waals surface area contributed by atoms with Crippen LogP contribution in [-0.2, 0) is 0 Å². The van der Waals surface area contributed by atoms with Gasteiger partial charge in [0.25, 0.3) is 0 Å². The monoisotopic (exact) mass is 248 g/mol. The van der Waals surface area contributed by atoms with E-state index in [-0.39, 0.29) is 5.78 Å². The number of hydrogen-bond donors (Lipinski definition) is 0. The largest absolute Gasteiger partial charge is 0.494 e. The molecule has 18 heavy (non-hydrogen) atoms. The van der Waals surface area contributed by atoms with E-state index < -0.39 is 0 Å². The third-order valence-electron chi connectivity index (χ3n) is 2.84. The van der Waals surface area contributed by atoms with Gasteiger partial charge in [-0.2, -0.15) is 0 Å². The van der Waals surface area contributed by atoms with Gasteiger partial charge in [-0.25, -0.2) is 0 Å². The van der Waals surface area contributed by atoms with Gasteiger partial charge in [0.15, 0.2) is 5.78 Å². The zero-order valence-corrected chi connectivity index (χ0v) is 12.0. The zero-order chi connectivity index (χ0) is 13.6. The second-order valence-electron chi connectivity index (χ2n) is 5.81. The Morgan fingerprint density at radius 1 is 1.17 bits per heavy atom. The second-order valence-corrected chi connectivity index (χ2v) is 5.81. The van der Waals surface area contributed by atoms with E-state index in [0.717, 1.165) is 30.8 Å². The number of carbonyl (C=O) groups excluding carboxylic acids is 1. The van der Waals surface area contributed by atoms with Crippen molar-refractivity contribution in [1.82, 2.24) is 0 Å². The molecule has 0 bridgehead atoms. The fourth-order valence-electron chi connectivity index (χ4n) is 1.73. The van der Waals surface area contributed by atoms with E-state index in [0.29, 0.717) is 11.8 Å². The van der Waals surface area contributed by atoms with Gasteiger partial charge in [0.1, 0.15) is 5.75 Å². The van der Waals surface area contributed by atoms with Crippen molar-refractivity contribution in [3.05, 3.63) is 29.8 Å². The molecule has 0 saturated heterocycles. The minimum Gasteiger partial charge on any atom is -0.494 e. The molecule has 0 N–H and O–H groups in total. The summed E-state index contributed by atoms with van der Waals surface area (Å²) in [6, 6.07) is 7.43. The highest BCUT2D eigenvalue weighted by Crippen LogP contribution is 2.21. The maximum atomic E-state index is 11.5. The summed E-state index contributed by atoms with van der Waals surface area (Å²) >= 11 is 0. The molecule has 0 aliphatic heterocycles. The van der Waals surface area contributed by atoms with Gasteiger partial charge in [0, 0.05) is 12.0 Å². The minimum atomic E-state index is 0.175. The molecule has 0 aliphatic rings. The van der Waals surface area contributed by atoms with E-state index in [1.165, 1.54) is 0 Å². The van der Waals surface area contributed by atoms with Crippen LogP contribution in [0.1, 0.15) is 57.3 Å². The van der Waals surface area contributed by atoms with Gasteiger partial charge >= 0.3 is 0 Å². The molecule has 1 aromatic carbocycles. The van der Waals surface area contributed by atoms with E-state index >= 15 is 0 Å². The molecular weight excluding hydrogens is 224 g/mol. The van der Waals surface area contributed by atoms with Crippen LogP contribution in [0.2, 0.25) is 0 Å². The molecule has 0 saturated carbocycles. The van der Waals surface area contributed by atoms with Crippen molar-refractivity contribution in [2.75, 3.05) is 6.61 Å².